The van der Waals surface area contributed by atoms with Crippen LogP contribution in [0.1, 0.15) is 45.2 Å². The van der Waals surface area contributed by atoms with Gasteiger partial charge >= 0.3 is 0 Å². The molecular weight excluding hydrogens is 232 g/mol. The molecule has 1 rings (SSSR count). The third kappa shape index (κ3) is 4.24. The van der Waals surface area contributed by atoms with Crippen LogP contribution >= 0.6 is 0 Å². The first-order valence-corrected chi connectivity index (χ1v) is 7.32. The van der Waals surface area contributed by atoms with Crippen LogP contribution in [0.5, 0.6) is 0 Å². The molecule has 2 heteroatoms. The molecule has 1 atom stereocenters. The van der Waals surface area contributed by atoms with Crippen molar-refractivity contribution in [3.63, 3.8) is 0 Å². The van der Waals surface area contributed by atoms with Crippen molar-refractivity contribution >= 4 is 5.69 Å². The fourth-order valence-electron chi connectivity index (χ4n) is 2.41. The van der Waals surface area contributed by atoms with Crippen LogP contribution in [-0.2, 0) is 5.41 Å². The summed E-state index contributed by atoms with van der Waals surface area (Å²) in [6.07, 6.45) is 1.14. The molecule has 0 fully saturated rings. The van der Waals surface area contributed by atoms with Gasteiger partial charge in [-0.1, -0.05) is 46.2 Å². The third-order valence-electron chi connectivity index (χ3n) is 3.92. The van der Waals surface area contributed by atoms with Gasteiger partial charge in [-0.25, -0.2) is 0 Å². The molecule has 0 aliphatic rings. The van der Waals surface area contributed by atoms with Crippen LogP contribution in [0.2, 0.25) is 0 Å². The number of anilines is 1. The summed E-state index contributed by atoms with van der Waals surface area (Å²) in [4.78, 5) is 2.34. The minimum atomic E-state index is 0.213. The van der Waals surface area contributed by atoms with Crippen LogP contribution in [0.4, 0.5) is 5.69 Å². The average Bonchev–Trinajstić information content (AvgIpc) is 2.34. The van der Waals surface area contributed by atoms with Gasteiger partial charge in [0.25, 0.3) is 0 Å². The number of hydrogen-bond donors (Lipinski definition) is 1. The van der Waals surface area contributed by atoms with Gasteiger partial charge in [0.05, 0.1) is 0 Å². The molecule has 0 bridgehead atoms. The highest BCUT2D eigenvalue weighted by Crippen LogP contribution is 2.28. The predicted molar refractivity (Wildman–Crippen MR) is 86.0 cm³/mol. The molecule has 0 heterocycles. The zero-order chi connectivity index (χ0) is 14.6. The Labute approximate surface area is 119 Å². The largest absolute Gasteiger partial charge is 0.374 e. The molecule has 19 heavy (non-hydrogen) atoms. The molecule has 0 radical (unpaired) electrons. The summed E-state index contributed by atoms with van der Waals surface area (Å²) in [5.74, 6) is 0.576. The molecule has 108 valence electrons. The monoisotopic (exact) mass is 262 g/mol. The fourth-order valence-corrected chi connectivity index (χ4v) is 2.41. The van der Waals surface area contributed by atoms with E-state index in [1.165, 1.54) is 16.8 Å². The standard InChI is InChI=1S/C17H30N2/c1-7-14(11-18)12-19(6)16-9-8-15(10-13(16)2)17(3,4)5/h8-10,14H,7,11-12,18H2,1-6H3. The summed E-state index contributed by atoms with van der Waals surface area (Å²) in [5, 5.41) is 0. The van der Waals surface area contributed by atoms with Crippen molar-refractivity contribution in [2.45, 2.75) is 46.5 Å². The molecule has 1 aromatic rings. The molecule has 2 N–H and O–H groups in total. The van der Waals surface area contributed by atoms with Crippen molar-refractivity contribution in [2.24, 2.45) is 11.7 Å². The van der Waals surface area contributed by atoms with E-state index < -0.39 is 0 Å². The zero-order valence-electron chi connectivity index (χ0n) is 13.5. The van der Waals surface area contributed by atoms with Gasteiger partial charge in [-0.05, 0) is 42.0 Å². The number of benzene rings is 1. The number of nitrogens with two attached hydrogens (primary N) is 1. The molecule has 0 saturated carbocycles. The maximum Gasteiger partial charge on any atom is 0.0393 e. The Balaban J connectivity index is 2.90. The van der Waals surface area contributed by atoms with Gasteiger partial charge in [0.2, 0.25) is 0 Å². The van der Waals surface area contributed by atoms with E-state index in [1.807, 2.05) is 0 Å². The number of hydrogen-bond acceptors (Lipinski definition) is 2. The summed E-state index contributed by atoms with van der Waals surface area (Å²) < 4.78 is 0. The lowest BCUT2D eigenvalue weighted by Crippen LogP contribution is -2.30. The summed E-state index contributed by atoms with van der Waals surface area (Å²) in [6.45, 7) is 13.0. The predicted octanol–water partition coefficient (Wildman–Crippen LogP) is 3.71. The first kappa shape index (κ1) is 16.0. The van der Waals surface area contributed by atoms with E-state index in [-0.39, 0.29) is 5.41 Å². The third-order valence-corrected chi connectivity index (χ3v) is 3.92. The van der Waals surface area contributed by atoms with Crippen molar-refractivity contribution in [3.05, 3.63) is 29.3 Å². The molecule has 0 amide bonds. The Morgan fingerprint density at radius 3 is 2.32 bits per heavy atom. The van der Waals surface area contributed by atoms with Crippen molar-refractivity contribution in [3.8, 4) is 0 Å². The highest BCUT2D eigenvalue weighted by molar-refractivity contribution is 5.54. The maximum absolute atomic E-state index is 5.80. The minimum absolute atomic E-state index is 0.213. The van der Waals surface area contributed by atoms with Crippen molar-refractivity contribution in [2.75, 3.05) is 25.0 Å². The van der Waals surface area contributed by atoms with Crippen LogP contribution in [0.3, 0.4) is 0 Å². The van der Waals surface area contributed by atoms with E-state index in [4.69, 9.17) is 5.73 Å². The van der Waals surface area contributed by atoms with Crippen LogP contribution < -0.4 is 10.6 Å². The van der Waals surface area contributed by atoms with Crippen LogP contribution in [0.25, 0.3) is 0 Å². The second-order valence-electron chi connectivity index (χ2n) is 6.64. The van der Waals surface area contributed by atoms with Crippen LogP contribution in [-0.4, -0.2) is 20.1 Å². The van der Waals surface area contributed by atoms with Gasteiger partial charge in [-0.3, -0.25) is 0 Å². The van der Waals surface area contributed by atoms with Gasteiger partial charge in [0, 0.05) is 19.3 Å². The molecule has 0 aliphatic heterocycles. The fraction of sp³-hybridized carbons (Fsp3) is 0.647. The van der Waals surface area contributed by atoms with Crippen molar-refractivity contribution in [1.29, 1.82) is 0 Å². The second-order valence-corrected chi connectivity index (χ2v) is 6.64. The highest BCUT2D eigenvalue weighted by Gasteiger charge is 2.16. The Morgan fingerprint density at radius 2 is 1.89 bits per heavy atom. The molecule has 1 unspecified atom stereocenters. The van der Waals surface area contributed by atoms with Gasteiger partial charge in [-0.15, -0.1) is 0 Å². The molecular formula is C17H30N2. The lowest BCUT2D eigenvalue weighted by molar-refractivity contribution is 0.520. The average molecular weight is 262 g/mol. The normalized spacial score (nSPS) is 13.4. The van der Waals surface area contributed by atoms with Gasteiger partial charge in [-0.2, -0.15) is 0 Å². The second kappa shape index (κ2) is 6.42. The Bertz CT molecular complexity index is 400. The molecule has 1 aromatic carbocycles. The SMILES string of the molecule is CCC(CN)CN(C)c1ccc(C(C)(C)C)cc1C. The van der Waals surface area contributed by atoms with Gasteiger partial charge < -0.3 is 10.6 Å². The minimum Gasteiger partial charge on any atom is -0.374 e. The van der Waals surface area contributed by atoms with Crippen LogP contribution in [0.15, 0.2) is 18.2 Å². The summed E-state index contributed by atoms with van der Waals surface area (Å²) >= 11 is 0. The van der Waals surface area contributed by atoms with Gasteiger partial charge in [0.15, 0.2) is 0 Å². The van der Waals surface area contributed by atoms with E-state index in [2.05, 4.69) is 64.8 Å². The van der Waals surface area contributed by atoms with E-state index in [9.17, 15) is 0 Å². The Morgan fingerprint density at radius 1 is 1.26 bits per heavy atom. The number of nitrogens with zero attached hydrogens (tertiary/aromatic N) is 1. The summed E-state index contributed by atoms with van der Waals surface area (Å²) in [7, 11) is 2.16. The smallest absolute Gasteiger partial charge is 0.0393 e. The zero-order valence-corrected chi connectivity index (χ0v) is 13.5. The van der Waals surface area contributed by atoms with Crippen molar-refractivity contribution in [1.82, 2.24) is 0 Å². The quantitative estimate of drug-likeness (QED) is 0.876. The molecule has 0 spiro atoms. The summed E-state index contributed by atoms with van der Waals surface area (Å²) in [6, 6.07) is 6.82. The molecule has 0 saturated heterocycles. The van der Waals surface area contributed by atoms with E-state index in [0.717, 1.165) is 19.5 Å². The Hall–Kier alpha value is -1.02. The number of rotatable bonds is 5. The number of aryl methyl sites for hydroxylation is 1. The van der Waals surface area contributed by atoms with E-state index >= 15 is 0 Å². The maximum atomic E-state index is 5.80. The van der Waals surface area contributed by atoms with Crippen LogP contribution in [0, 0.1) is 12.8 Å². The topological polar surface area (TPSA) is 29.3 Å². The van der Waals surface area contributed by atoms with Crippen molar-refractivity contribution < 1.29 is 0 Å². The van der Waals surface area contributed by atoms with Gasteiger partial charge in [0.1, 0.15) is 0 Å². The molecule has 0 aliphatic carbocycles. The molecule has 0 aromatic heterocycles. The first-order valence-electron chi connectivity index (χ1n) is 7.32. The van der Waals surface area contributed by atoms with E-state index in [0.29, 0.717) is 5.92 Å². The molecule has 2 nitrogen and oxygen atoms in total. The first-order chi connectivity index (χ1) is 8.79. The van der Waals surface area contributed by atoms with E-state index in [1.54, 1.807) is 0 Å². The highest BCUT2D eigenvalue weighted by atomic mass is 15.1. The lowest BCUT2D eigenvalue weighted by atomic mass is 9.86. The lowest BCUT2D eigenvalue weighted by Gasteiger charge is -2.27. The summed E-state index contributed by atoms with van der Waals surface area (Å²) in [5.41, 5.74) is 10.1. The Kier molecular flexibility index (Phi) is 5.42.